The van der Waals surface area contributed by atoms with E-state index in [1.807, 2.05) is 0 Å². The van der Waals surface area contributed by atoms with E-state index in [-0.39, 0.29) is 15.8 Å². The van der Waals surface area contributed by atoms with Crippen LogP contribution in [0.15, 0.2) is 12.1 Å². The van der Waals surface area contributed by atoms with Gasteiger partial charge in [0.2, 0.25) is 0 Å². The molecule has 1 rings (SSSR count). The van der Waals surface area contributed by atoms with Gasteiger partial charge in [-0.25, -0.2) is 4.79 Å². The van der Waals surface area contributed by atoms with E-state index in [1.54, 1.807) is 0 Å². The first-order chi connectivity index (χ1) is 6.50. The van der Waals surface area contributed by atoms with Crippen LogP contribution in [0.2, 0.25) is 15.1 Å². The Hall–Kier alpha value is -0.640. The van der Waals surface area contributed by atoms with Crippen LogP contribution in [-0.2, 0) is 4.79 Å². The fourth-order valence-corrected chi connectivity index (χ4v) is 1.35. The highest BCUT2D eigenvalue weighted by molar-refractivity contribution is 6.43. The maximum Gasteiger partial charge on any atom is 0.341 e. The third-order valence-electron chi connectivity index (χ3n) is 1.33. The minimum Gasteiger partial charge on any atom is -0.480 e. The predicted molar refractivity (Wildman–Crippen MR) is 54.6 cm³/mol. The molecule has 0 amide bonds. The van der Waals surface area contributed by atoms with Gasteiger partial charge in [0.1, 0.15) is 5.75 Å². The zero-order valence-electron chi connectivity index (χ0n) is 6.76. The molecule has 0 spiro atoms. The Kier molecular flexibility index (Phi) is 3.86. The van der Waals surface area contributed by atoms with Crippen molar-refractivity contribution in [1.82, 2.24) is 0 Å². The van der Waals surface area contributed by atoms with Crippen molar-refractivity contribution in [3.63, 3.8) is 0 Å². The van der Waals surface area contributed by atoms with E-state index in [1.165, 1.54) is 12.1 Å². The molecule has 0 aliphatic carbocycles. The minimum atomic E-state index is -1.09. The number of carboxylic acid groups (broad SMARTS) is 1. The largest absolute Gasteiger partial charge is 0.480 e. The first-order valence-electron chi connectivity index (χ1n) is 3.50. The molecular formula is C8H5Cl3O3. The summed E-state index contributed by atoms with van der Waals surface area (Å²) in [7, 11) is 0. The number of benzene rings is 1. The van der Waals surface area contributed by atoms with Gasteiger partial charge in [-0.1, -0.05) is 34.8 Å². The van der Waals surface area contributed by atoms with E-state index in [4.69, 9.17) is 44.6 Å². The summed E-state index contributed by atoms with van der Waals surface area (Å²) in [6, 6.07) is 2.76. The lowest BCUT2D eigenvalue weighted by Crippen LogP contribution is -2.09. The molecule has 1 aromatic carbocycles. The topological polar surface area (TPSA) is 46.5 Å². The average Bonchev–Trinajstić information content (AvgIpc) is 2.09. The van der Waals surface area contributed by atoms with E-state index in [9.17, 15) is 4.79 Å². The molecule has 0 fully saturated rings. The van der Waals surface area contributed by atoms with Crippen LogP contribution in [0.1, 0.15) is 0 Å². The summed E-state index contributed by atoms with van der Waals surface area (Å²) in [6.45, 7) is -0.475. The number of hydrogen-bond acceptors (Lipinski definition) is 2. The maximum atomic E-state index is 10.2. The van der Waals surface area contributed by atoms with E-state index in [0.29, 0.717) is 5.02 Å². The molecule has 1 N–H and O–H groups in total. The Morgan fingerprint density at radius 2 is 2.07 bits per heavy atom. The maximum absolute atomic E-state index is 10.2. The Morgan fingerprint density at radius 1 is 1.43 bits per heavy atom. The van der Waals surface area contributed by atoms with Gasteiger partial charge in [-0.3, -0.25) is 0 Å². The van der Waals surface area contributed by atoms with Gasteiger partial charge in [-0.15, -0.1) is 0 Å². The first-order valence-corrected chi connectivity index (χ1v) is 4.63. The van der Waals surface area contributed by atoms with Crippen molar-refractivity contribution >= 4 is 40.8 Å². The van der Waals surface area contributed by atoms with Crippen molar-refractivity contribution in [1.29, 1.82) is 0 Å². The molecule has 1 aromatic rings. The zero-order valence-corrected chi connectivity index (χ0v) is 9.03. The molecule has 0 aliphatic rings. The lowest BCUT2D eigenvalue weighted by molar-refractivity contribution is -0.139. The summed E-state index contributed by atoms with van der Waals surface area (Å²) in [6.07, 6.45) is 0. The smallest absolute Gasteiger partial charge is 0.341 e. The van der Waals surface area contributed by atoms with Gasteiger partial charge in [0.05, 0.1) is 15.1 Å². The Balaban J connectivity index is 2.87. The SMILES string of the molecule is O=C(O)CO[14c]1cc(Cl)c(Cl)cc1Cl. The quantitative estimate of drug-likeness (QED) is 0.846. The van der Waals surface area contributed by atoms with Crippen LogP contribution in [-0.4, -0.2) is 17.7 Å². The summed E-state index contributed by atoms with van der Waals surface area (Å²) in [5, 5.41) is 9.14. The third kappa shape index (κ3) is 2.94. The van der Waals surface area contributed by atoms with Crippen LogP contribution < -0.4 is 4.74 Å². The van der Waals surface area contributed by atoms with Crippen LogP contribution in [0.25, 0.3) is 0 Å². The van der Waals surface area contributed by atoms with Gasteiger partial charge in [0, 0.05) is 6.07 Å². The predicted octanol–water partition coefficient (Wildman–Crippen LogP) is 3.11. The summed E-state index contributed by atoms with van der Waals surface area (Å²) >= 11 is 17.1. The number of rotatable bonds is 3. The number of carboxylic acids is 1. The number of ether oxygens (including phenoxy) is 1. The molecule has 0 bridgehead atoms. The molecule has 0 saturated heterocycles. The lowest BCUT2D eigenvalue weighted by atomic mass is 10.5. The highest BCUT2D eigenvalue weighted by Crippen LogP contribution is 2.33. The molecule has 3 nitrogen and oxygen atoms in total. The van der Waals surface area contributed by atoms with Gasteiger partial charge in [0.25, 0.3) is 0 Å². The summed E-state index contributed by atoms with van der Waals surface area (Å²) in [5.74, 6) is -0.893. The van der Waals surface area contributed by atoms with E-state index in [2.05, 4.69) is 0 Å². The van der Waals surface area contributed by atoms with Crippen molar-refractivity contribution < 1.29 is 14.6 Å². The van der Waals surface area contributed by atoms with E-state index in [0.717, 1.165) is 0 Å². The number of halogens is 3. The number of hydrogen-bond donors (Lipinski definition) is 1. The summed E-state index contributed by atoms with van der Waals surface area (Å²) in [5.41, 5.74) is 0. The molecule has 6 heteroatoms. The van der Waals surface area contributed by atoms with Crippen LogP contribution >= 0.6 is 34.8 Å². The molecule has 0 aromatic heterocycles. The monoisotopic (exact) mass is 256 g/mol. The average molecular weight is 257 g/mol. The molecule has 0 radical (unpaired) electrons. The van der Waals surface area contributed by atoms with Gasteiger partial charge in [0.15, 0.2) is 6.61 Å². The number of carbonyl (C=O) groups is 1. The molecule has 76 valence electrons. The molecule has 0 aliphatic heterocycles. The van der Waals surface area contributed by atoms with Gasteiger partial charge in [-0.2, -0.15) is 0 Å². The number of aliphatic carboxylic acids is 1. The lowest BCUT2D eigenvalue weighted by Gasteiger charge is -2.06. The van der Waals surface area contributed by atoms with Gasteiger partial charge in [-0.05, 0) is 6.07 Å². The first kappa shape index (κ1) is 11.4. The molecular weight excluding hydrogens is 252 g/mol. The molecule has 0 heterocycles. The van der Waals surface area contributed by atoms with Gasteiger partial charge >= 0.3 is 5.97 Å². The highest BCUT2D eigenvalue weighted by Gasteiger charge is 2.08. The standard InChI is InChI=1S/C8H5Cl3O3/c9-4-1-6(11)7(2-5(4)10)14-3-8(12)13/h1-2H,3H2,(H,12,13)/i7+2. The summed E-state index contributed by atoms with van der Waals surface area (Å²) in [4.78, 5) is 10.2. The van der Waals surface area contributed by atoms with Crippen molar-refractivity contribution in [2.75, 3.05) is 6.61 Å². The normalized spacial score (nSPS) is 9.93. The Labute approximate surface area is 95.1 Å². The third-order valence-corrected chi connectivity index (χ3v) is 2.34. The molecule has 0 saturated carbocycles. The zero-order chi connectivity index (χ0) is 10.7. The van der Waals surface area contributed by atoms with E-state index < -0.39 is 12.6 Å². The van der Waals surface area contributed by atoms with Crippen molar-refractivity contribution in [3.8, 4) is 5.75 Å². The van der Waals surface area contributed by atoms with Crippen LogP contribution in [0.5, 0.6) is 5.75 Å². The van der Waals surface area contributed by atoms with Crippen molar-refractivity contribution in [2.45, 2.75) is 0 Å². The Morgan fingerprint density at radius 3 is 2.64 bits per heavy atom. The fourth-order valence-electron chi connectivity index (χ4n) is 0.754. The van der Waals surface area contributed by atoms with Crippen molar-refractivity contribution in [3.05, 3.63) is 27.2 Å². The van der Waals surface area contributed by atoms with Crippen LogP contribution in [0.4, 0.5) is 0 Å². The second-order valence-electron chi connectivity index (χ2n) is 2.38. The van der Waals surface area contributed by atoms with E-state index >= 15 is 0 Å². The van der Waals surface area contributed by atoms with Crippen LogP contribution in [0.3, 0.4) is 0 Å². The second-order valence-corrected chi connectivity index (χ2v) is 3.60. The van der Waals surface area contributed by atoms with Crippen molar-refractivity contribution in [2.24, 2.45) is 0 Å². The minimum absolute atomic E-state index is 0.198. The highest BCUT2D eigenvalue weighted by atomic mass is 35.5. The second kappa shape index (κ2) is 4.73. The Bertz CT molecular complexity index is 365. The fraction of sp³-hybridized carbons (Fsp3) is 0.125. The van der Waals surface area contributed by atoms with Crippen LogP contribution in [0, 0.1) is 0 Å². The van der Waals surface area contributed by atoms with Gasteiger partial charge < -0.3 is 9.84 Å². The molecule has 0 unspecified atom stereocenters. The molecule has 14 heavy (non-hydrogen) atoms. The summed E-state index contributed by atoms with van der Waals surface area (Å²) < 4.78 is 4.86. The molecule has 0 atom stereocenters.